The Hall–Kier alpha value is -1.62. The largest absolute Gasteiger partial charge is 0.335 e. The standard InChI is InChI=1S/C14H20FN3O/c1-18-7-5-13(6-8-18)17-14(19)16-10-11-3-2-4-12(15)9-11/h2-4,9,13H,5-8,10H2,1H3,(H2,16,17,19). The molecule has 0 aliphatic carbocycles. The molecular formula is C14H20FN3O. The summed E-state index contributed by atoms with van der Waals surface area (Å²) in [5.41, 5.74) is 0.763. The molecule has 0 atom stereocenters. The molecule has 19 heavy (non-hydrogen) atoms. The summed E-state index contributed by atoms with van der Waals surface area (Å²) in [7, 11) is 2.08. The first kappa shape index (κ1) is 13.8. The van der Waals surface area contributed by atoms with Gasteiger partial charge in [0.25, 0.3) is 0 Å². The summed E-state index contributed by atoms with van der Waals surface area (Å²) in [6.07, 6.45) is 1.95. The second-order valence-electron chi connectivity index (χ2n) is 5.03. The molecule has 4 nitrogen and oxygen atoms in total. The number of hydrogen-bond donors (Lipinski definition) is 2. The van der Waals surface area contributed by atoms with Crippen molar-refractivity contribution in [2.75, 3.05) is 20.1 Å². The van der Waals surface area contributed by atoms with Gasteiger partial charge in [-0.05, 0) is 50.7 Å². The van der Waals surface area contributed by atoms with E-state index >= 15 is 0 Å². The highest BCUT2D eigenvalue weighted by atomic mass is 19.1. The highest BCUT2D eigenvalue weighted by Gasteiger charge is 2.17. The Morgan fingerprint density at radius 1 is 1.42 bits per heavy atom. The zero-order valence-electron chi connectivity index (χ0n) is 11.2. The van der Waals surface area contributed by atoms with Crippen LogP contribution >= 0.6 is 0 Å². The Morgan fingerprint density at radius 3 is 2.84 bits per heavy atom. The van der Waals surface area contributed by atoms with Gasteiger partial charge in [-0.25, -0.2) is 9.18 Å². The van der Waals surface area contributed by atoms with Crippen molar-refractivity contribution in [3.63, 3.8) is 0 Å². The van der Waals surface area contributed by atoms with Gasteiger partial charge in [0.05, 0.1) is 0 Å². The van der Waals surface area contributed by atoms with Crippen molar-refractivity contribution in [2.45, 2.75) is 25.4 Å². The Morgan fingerprint density at radius 2 is 2.16 bits per heavy atom. The zero-order valence-corrected chi connectivity index (χ0v) is 11.2. The van der Waals surface area contributed by atoms with Crippen LogP contribution in [0.25, 0.3) is 0 Å². The van der Waals surface area contributed by atoms with Gasteiger partial charge in [0.15, 0.2) is 0 Å². The van der Waals surface area contributed by atoms with E-state index in [2.05, 4.69) is 22.6 Å². The van der Waals surface area contributed by atoms with Crippen LogP contribution in [-0.4, -0.2) is 37.1 Å². The quantitative estimate of drug-likeness (QED) is 0.874. The molecule has 0 spiro atoms. The number of likely N-dealkylation sites (tertiary alicyclic amines) is 1. The normalized spacial score (nSPS) is 17.2. The lowest BCUT2D eigenvalue weighted by Gasteiger charge is -2.29. The fourth-order valence-electron chi connectivity index (χ4n) is 2.22. The average molecular weight is 265 g/mol. The lowest BCUT2D eigenvalue weighted by Crippen LogP contribution is -2.46. The van der Waals surface area contributed by atoms with Crippen molar-refractivity contribution in [2.24, 2.45) is 0 Å². The van der Waals surface area contributed by atoms with Crippen molar-refractivity contribution in [1.29, 1.82) is 0 Å². The van der Waals surface area contributed by atoms with E-state index in [0.717, 1.165) is 31.5 Å². The second kappa shape index (κ2) is 6.52. The maximum absolute atomic E-state index is 13.0. The Balaban J connectivity index is 1.73. The van der Waals surface area contributed by atoms with Crippen molar-refractivity contribution in [3.8, 4) is 0 Å². The topological polar surface area (TPSA) is 44.4 Å². The van der Waals surface area contributed by atoms with Crippen LogP contribution in [0.4, 0.5) is 9.18 Å². The van der Waals surface area contributed by atoms with Crippen LogP contribution in [-0.2, 0) is 6.54 Å². The van der Waals surface area contributed by atoms with Crippen LogP contribution in [0.3, 0.4) is 0 Å². The SMILES string of the molecule is CN1CCC(NC(=O)NCc2cccc(F)c2)CC1. The lowest BCUT2D eigenvalue weighted by molar-refractivity contribution is 0.213. The van der Waals surface area contributed by atoms with Gasteiger partial charge in [-0.15, -0.1) is 0 Å². The minimum absolute atomic E-state index is 0.182. The highest BCUT2D eigenvalue weighted by molar-refractivity contribution is 5.74. The van der Waals surface area contributed by atoms with E-state index in [9.17, 15) is 9.18 Å². The Labute approximate surface area is 113 Å². The summed E-state index contributed by atoms with van der Waals surface area (Å²) in [6, 6.07) is 6.31. The van der Waals surface area contributed by atoms with Crippen molar-refractivity contribution >= 4 is 6.03 Å². The van der Waals surface area contributed by atoms with Gasteiger partial charge in [0, 0.05) is 12.6 Å². The zero-order chi connectivity index (χ0) is 13.7. The maximum atomic E-state index is 13.0. The van der Waals surface area contributed by atoms with Crippen LogP contribution in [0.15, 0.2) is 24.3 Å². The second-order valence-corrected chi connectivity index (χ2v) is 5.03. The van der Waals surface area contributed by atoms with E-state index in [1.807, 2.05) is 0 Å². The molecule has 2 amide bonds. The summed E-state index contributed by atoms with van der Waals surface area (Å²) in [6.45, 7) is 2.36. The summed E-state index contributed by atoms with van der Waals surface area (Å²) in [5.74, 6) is -0.282. The summed E-state index contributed by atoms with van der Waals surface area (Å²) in [4.78, 5) is 14.0. The molecule has 1 aromatic carbocycles. The minimum atomic E-state index is -0.282. The summed E-state index contributed by atoms with van der Waals surface area (Å²) >= 11 is 0. The van der Waals surface area contributed by atoms with E-state index in [-0.39, 0.29) is 17.9 Å². The van der Waals surface area contributed by atoms with E-state index in [4.69, 9.17) is 0 Å². The van der Waals surface area contributed by atoms with Crippen LogP contribution in [0, 0.1) is 5.82 Å². The third kappa shape index (κ3) is 4.52. The number of rotatable bonds is 3. The minimum Gasteiger partial charge on any atom is -0.335 e. The van der Waals surface area contributed by atoms with Crippen LogP contribution in [0.5, 0.6) is 0 Å². The van der Waals surface area contributed by atoms with Crippen LogP contribution in [0.1, 0.15) is 18.4 Å². The molecule has 2 rings (SSSR count). The smallest absolute Gasteiger partial charge is 0.315 e. The van der Waals surface area contributed by atoms with Gasteiger partial charge >= 0.3 is 6.03 Å². The van der Waals surface area contributed by atoms with Crippen molar-refractivity contribution < 1.29 is 9.18 Å². The predicted molar refractivity (Wildman–Crippen MR) is 72.3 cm³/mol. The number of benzene rings is 1. The number of nitrogens with one attached hydrogen (secondary N) is 2. The number of piperidine rings is 1. The predicted octanol–water partition coefficient (Wildman–Crippen LogP) is 1.72. The number of nitrogens with zero attached hydrogens (tertiary/aromatic N) is 1. The fourth-order valence-corrected chi connectivity index (χ4v) is 2.22. The van der Waals surface area contributed by atoms with Crippen LogP contribution in [0.2, 0.25) is 0 Å². The van der Waals surface area contributed by atoms with E-state index < -0.39 is 0 Å². The molecule has 104 valence electrons. The highest BCUT2D eigenvalue weighted by Crippen LogP contribution is 2.08. The molecule has 1 saturated heterocycles. The fraction of sp³-hybridized carbons (Fsp3) is 0.500. The number of carbonyl (C=O) groups is 1. The Bertz CT molecular complexity index is 430. The molecular weight excluding hydrogens is 245 g/mol. The molecule has 1 aliphatic heterocycles. The summed E-state index contributed by atoms with van der Waals surface area (Å²) < 4.78 is 13.0. The monoisotopic (exact) mass is 265 g/mol. The van der Waals surface area contributed by atoms with Gasteiger partial charge < -0.3 is 15.5 Å². The first-order valence-electron chi connectivity index (χ1n) is 6.61. The number of hydrogen-bond acceptors (Lipinski definition) is 2. The molecule has 0 radical (unpaired) electrons. The third-order valence-electron chi connectivity index (χ3n) is 3.40. The number of halogens is 1. The van der Waals surface area contributed by atoms with Gasteiger partial charge in [0.2, 0.25) is 0 Å². The first-order valence-corrected chi connectivity index (χ1v) is 6.61. The van der Waals surface area contributed by atoms with Crippen molar-refractivity contribution in [1.82, 2.24) is 15.5 Å². The van der Waals surface area contributed by atoms with Gasteiger partial charge in [-0.1, -0.05) is 12.1 Å². The summed E-state index contributed by atoms with van der Waals surface area (Å²) in [5, 5.41) is 5.71. The molecule has 0 unspecified atom stereocenters. The third-order valence-corrected chi connectivity index (χ3v) is 3.40. The number of urea groups is 1. The van der Waals surface area contributed by atoms with Gasteiger partial charge in [-0.2, -0.15) is 0 Å². The average Bonchev–Trinajstić information content (AvgIpc) is 2.39. The lowest BCUT2D eigenvalue weighted by atomic mass is 10.1. The molecule has 2 N–H and O–H groups in total. The maximum Gasteiger partial charge on any atom is 0.315 e. The Kier molecular flexibility index (Phi) is 4.74. The number of amides is 2. The molecule has 0 aromatic heterocycles. The van der Waals surface area contributed by atoms with E-state index in [1.165, 1.54) is 12.1 Å². The van der Waals surface area contributed by atoms with E-state index in [0.29, 0.717) is 6.54 Å². The van der Waals surface area contributed by atoms with E-state index in [1.54, 1.807) is 12.1 Å². The molecule has 0 saturated carbocycles. The molecule has 5 heteroatoms. The van der Waals surface area contributed by atoms with Crippen LogP contribution < -0.4 is 10.6 Å². The molecule has 1 aromatic rings. The molecule has 0 bridgehead atoms. The first-order chi connectivity index (χ1) is 9.13. The van der Waals surface area contributed by atoms with Gasteiger partial charge in [-0.3, -0.25) is 0 Å². The number of carbonyl (C=O) groups excluding carboxylic acids is 1. The van der Waals surface area contributed by atoms with Crippen molar-refractivity contribution in [3.05, 3.63) is 35.6 Å². The molecule has 1 aliphatic rings. The molecule has 1 fully saturated rings. The molecule has 1 heterocycles. The van der Waals surface area contributed by atoms with Gasteiger partial charge in [0.1, 0.15) is 5.82 Å².